The first-order valence-electron chi connectivity index (χ1n) is 10.0. The fourth-order valence-electron chi connectivity index (χ4n) is 3.98. The maximum Gasteiger partial charge on any atom is 0.349 e. The second-order valence-electron chi connectivity index (χ2n) is 7.71. The summed E-state index contributed by atoms with van der Waals surface area (Å²) in [4.78, 5) is 31.4. The SMILES string of the molecule is Cc1cc(C2CCOCC2)oc(=O)c1C(=O)NC(C)c1nc2c(s1)CCCC2. The van der Waals surface area contributed by atoms with Crippen LogP contribution in [0, 0.1) is 6.92 Å². The number of rotatable bonds is 4. The molecule has 1 aliphatic carbocycles. The molecule has 2 aromatic rings. The Bertz CT molecular complexity index is 903. The number of hydrogen-bond donors (Lipinski definition) is 1. The topological polar surface area (TPSA) is 81.4 Å². The van der Waals surface area contributed by atoms with Gasteiger partial charge in [0, 0.05) is 24.0 Å². The third-order valence-corrected chi connectivity index (χ3v) is 6.94. The molecule has 0 spiro atoms. The van der Waals surface area contributed by atoms with Crippen molar-refractivity contribution < 1.29 is 13.9 Å². The molecule has 1 N–H and O–H groups in total. The van der Waals surface area contributed by atoms with E-state index in [9.17, 15) is 9.59 Å². The lowest BCUT2D eigenvalue weighted by Gasteiger charge is -2.21. The minimum atomic E-state index is -0.565. The van der Waals surface area contributed by atoms with E-state index in [4.69, 9.17) is 14.1 Å². The van der Waals surface area contributed by atoms with Gasteiger partial charge in [-0.05, 0) is 64.0 Å². The molecule has 4 rings (SSSR count). The molecule has 6 nitrogen and oxygen atoms in total. The van der Waals surface area contributed by atoms with Crippen LogP contribution < -0.4 is 10.9 Å². The van der Waals surface area contributed by atoms with Crippen LogP contribution >= 0.6 is 11.3 Å². The number of hydrogen-bond acceptors (Lipinski definition) is 6. The molecule has 1 fully saturated rings. The van der Waals surface area contributed by atoms with Crippen LogP contribution in [0.4, 0.5) is 0 Å². The highest BCUT2D eigenvalue weighted by Crippen LogP contribution is 2.30. The van der Waals surface area contributed by atoms with E-state index in [1.807, 2.05) is 13.0 Å². The van der Waals surface area contributed by atoms with Crippen molar-refractivity contribution in [2.45, 2.75) is 64.3 Å². The first-order chi connectivity index (χ1) is 13.5. The molecule has 1 unspecified atom stereocenters. The van der Waals surface area contributed by atoms with Gasteiger partial charge >= 0.3 is 5.63 Å². The maximum atomic E-state index is 12.8. The number of carbonyl (C=O) groups excluding carboxylic acids is 1. The van der Waals surface area contributed by atoms with Crippen molar-refractivity contribution in [3.8, 4) is 0 Å². The Kier molecular flexibility index (Phi) is 5.64. The van der Waals surface area contributed by atoms with E-state index in [0.717, 1.165) is 30.7 Å². The minimum absolute atomic E-state index is 0.0870. The fraction of sp³-hybridized carbons (Fsp3) is 0.571. The number of aromatic nitrogens is 1. The van der Waals surface area contributed by atoms with E-state index in [-0.39, 0.29) is 17.5 Å². The van der Waals surface area contributed by atoms with Crippen molar-refractivity contribution in [2.75, 3.05) is 13.2 Å². The van der Waals surface area contributed by atoms with Crippen molar-refractivity contribution in [1.82, 2.24) is 10.3 Å². The third-order valence-electron chi connectivity index (χ3n) is 5.60. The van der Waals surface area contributed by atoms with Crippen LogP contribution in [-0.4, -0.2) is 24.1 Å². The molecule has 28 heavy (non-hydrogen) atoms. The van der Waals surface area contributed by atoms with Crippen molar-refractivity contribution in [2.24, 2.45) is 0 Å². The van der Waals surface area contributed by atoms with Gasteiger partial charge in [-0.25, -0.2) is 9.78 Å². The van der Waals surface area contributed by atoms with Gasteiger partial charge in [0.15, 0.2) is 0 Å². The number of aryl methyl sites for hydroxylation is 3. The zero-order valence-electron chi connectivity index (χ0n) is 16.4. The molecule has 1 saturated heterocycles. The largest absolute Gasteiger partial charge is 0.427 e. The summed E-state index contributed by atoms with van der Waals surface area (Å²) >= 11 is 1.67. The lowest BCUT2D eigenvalue weighted by atomic mass is 9.95. The summed E-state index contributed by atoms with van der Waals surface area (Å²) in [6.45, 7) is 5.05. The standard InChI is InChI=1S/C21H26N2O4S/c1-12-11-16(14-7-9-26-10-8-14)27-21(25)18(12)19(24)22-13(2)20-23-15-5-3-4-6-17(15)28-20/h11,13-14H,3-10H2,1-2H3,(H,22,24). The van der Waals surface area contributed by atoms with E-state index >= 15 is 0 Å². The molecular formula is C21H26N2O4S. The first-order valence-corrected chi connectivity index (χ1v) is 10.9. The van der Waals surface area contributed by atoms with E-state index in [1.165, 1.54) is 23.4 Å². The summed E-state index contributed by atoms with van der Waals surface area (Å²) in [7, 11) is 0. The summed E-state index contributed by atoms with van der Waals surface area (Å²) in [5.41, 5.74) is 1.35. The van der Waals surface area contributed by atoms with Gasteiger partial charge in [0.25, 0.3) is 5.91 Å². The van der Waals surface area contributed by atoms with Crippen LogP contribution in [0.2, 0.25) is 0 Å². The molecule has 3 heterocycles. The number of nitrogens with one attached hydrogen (secondary N) is 1. The molecule has 0 saturated carbocycles. The number of amides is 1. The highest BCUT2D eigenvalue weighted by atomic mass is 32.1. The molecule has 0 bridgehead atoms. The van der Waals surface area contributed by atoms with E-state index in [1.54, 1.807) is 18.3 Å². The Morgan fingerprint density at radius 1 is 1.29 bits per heavy atom. The van der Waals surface area contributed by atoms with Crippen LogP contribution in [0.3, 0.4) is 0 Å². The molecule has 1 aliphatic heterocycles. The fourth-order valence-corrected chi connectivity index (χ4v) is 5.13. The summed E-state index contributed by atoms with van der Waals surface area (Å²) in [5.74, 6) is 0.436. The van der Waals surface area contributed by atoms with Crippen molar-refractivity contribution >= 4 is 17.2 Å². The number of nitrogens with zero attached hydrogens (tertiary/aromatic N) is 1. The monoisotopic (exact) mass is 402 g/mol. The average Bonchev–Trinajstić information content (AvgIpc) is 3.12. The van der Waals surface area contributed by atoms with Crippen molar-refractivity contribution in [1.29, 1.82) is 0 Å². The zero-order valence-corrected chi connectivity index (χ0v) is 17.2. The number of fused-ring (bicyclic) bond motifs is 1. The second-order valence-corrected chi connectivity index (χ2v) is 8.82. The lowest BCUT2D eigenvalue weighted by molar-refractivity contribution is 0.0795. The normalized spacial score (nSPS) is 18.5. The Hall–Kier alpha value is -1.99. The molecule has 1 atom stereocenters. The average molecular weight is 403 g/mol. The summed E-state index contributed by atoms with van der Waals surface area (Å²) < 4.78 is 10.9. The van der Waals surface area contributed by atoms with Crippen LogP contribution in [0.15, 0.2) is 15.3 Å². The van der Waals surface area contributed by atoms with Crippen molar-refractivity contribution in [3.05, 3.63) is 49.0 Å². The van der Waals surface area contributed by atoms with Gasteiger partial charge in [-0.2, -0.15) is 0 Å². The summed E-state index contributed by atoms with van der Waals surface area (Å²) in [5, 5.41) is 3.84. The smallest absolute Gasteiger partial charge is 0.349 e. The van der Waals surface area contributed by atoms with Gasteiger partial charge in [-0.15, -0.1) is 11.3 Å². The van der Waals surface area contributed by atoms with E-state index in [2.05, 4.69) is 5.32 Å². The quantitative estimate of drug-likeness (QED) is 0.844. The van der Waals surface area contributed by atoms with E-state index < -0.39 is 11.5 Å². The second kappa shape index (κ2) is 8.17. The van der Waals surface area contributed by atoms with Crippen LogP contribution in [0.1, 0.15) is 81.8 Å². The highest BCUT2D eigenvalue weighted by molar-refractivity contribution is 7.11. The molecule has 0 radical (unpaired) electrons. The molecule has 1 amide bonds. The molecular weight excluding hydrogens is 376 g/mol. The molecule has 150 valence electrons. The van der Waals surface area contributed by atoms with Crippen LogP contribution in [0.5, 0.6) is 0 Å². The van der Waals surface area contributed by atoms with Gasteiger partial charge in [-0.3, -0.25) is 4.79 Å². The van der Waals surface area contributed by atoms with Crippen LogP contribution in [-0.2, 0) is 17.6 Å². The highest BCUT2D eigenvalue weighted by Gasteiger charge is 2.25. The number of thiazole rings is 1. The van der Waals surface area contributed by atoms with Crippen molar-refractivity contribution in [3.63, 3.8) is 0 Å². The molecule has 2 aromatic heterocycles. The predicted octanol–water partition coefficient (Wildman–Crippen LogP) is 3.67. The number of ether oxygens (including phenoxy) is 1. The molecule has 0 aromatic carbocycles. The Morgan fingerprint density at radius 3 is 2.75 bits per heavy atom. The third kappa shape index (κ3) is 3.91. The predicted molar refractivity (Wildman–Crippen MR) is 107 cm³/mol. The van der Waals surface area contributed by atoms with Gasteiger partial charge in [0.2, 0.25) is 0 Å². The van der Waals surface area contributed by atoms with Gasteiger partial charge < -0.3 is 14.5 Å². The number of carbonyl (C=O) groups is 1. The molecule has 7 heteroatoms. The molecule has 2 aliphatic rings. The Morgan fingerprint density at radius 2 is 2.04 bits per heavy atom. The summed E-state index contributed by atoms with van der Waals surface area (Å²) in [6.07, 6.45) is 6.14. The van der Waals surface area contributed by atoms with E-state index in [0.29, 0.717) is 24.5 Å². The Balaban J connectivity index is 1.51. The Labute approximate surface area is 168 Å². The maximum absolute atomic E-state index is 12.8. The first kappa shape index (κ1) is 19.3. The zero-order chi connectivity index (χ0) is 19.7. The van der Waals surface area contributed by atoms with Gasteiger partial charge in [-0.1, -0.05) is 0 Å². The van der Waals surface area contributed by atoms with Gasteiger partial charge in [0.05, 0.1) is 11.7 Å². The lowest BCUT2D eigenvalue weighted by Crippen LogP contribution is -2.32. The summed E-state index contributed by atoms with van der Waals surface area (Å²) in [6, 6.07) is 1.59. The van der Waals surface area contributed by atoms with Gasteiger partial charge in [0.1, 0.15) is 16.3 Å². The van der Waals surface area contributed by atoms with Crippen LogP contribution in [0.25, 0.3) is 0 Å². The minimum Gasteiger partial charge on any atom is -0.427 e.